The quantitative estimate of drug-likeness (QED) is 0.508. The van der Waals surface area contributed by atoms with Crippen LogP contribution in [-0.2, 0) is 22.6 Å². The van der Waals surface area contributed by atoms with Gasteiger partial charge in [-0.05, 0) is 6.42 Å². The second-order valence-electron chi connectivity index (χ2n) is 4.46. The number of aryl methyl sites for hydroxylation is 1. The molecule has 0 aliphatic heterocycles. The van der Waals surface area contributed by atoms with E-state index in [1.54, 1.807) is 19.1 Å². The van der Waals surface area contributed by atoms with E-state index in [1.807, 2.05) is 10.7 Å². The molecule has 1 aromatic rings. The summed E-state index contributed by atoms with van der Waals surface area (Å²) in [5, 5.41) is 7.78. The lowest BCUT2D eigenvalue weighted by Crippen LogP contribution is -2.19. The lowest BCUT2D eigenvalue weighted by atomic mass is 10.3. The molecule has 1 N–H and O–H groups in total. The average Bonchev–Trinajstić information content (AvgIpc) is 2.83. The van der Waals surface area contributed by atoms with Gasteiger partial charge >= 0.3 is 0 Å². The maximum Gasteiger partial charge on any atom is 0.215 e. The summed E-state index contributed by atoms with van der Waals surface area (Å²) in [4.78, 5) is 12.4. The highest BCUT2D eigenvalue weighted by atomic mass is 16.5. The number of amides is 1. The second-order valence-corrected chi connectivity index (χ2v) is 4.46. The van der Waals surface area contributed by atoms with E-state index in [2.05, 4.69) is 17.3 Å². The molecule has 0 atom stereocenters. The summed E-state index contributed by atoms with van der Waals surface area (Å²) < 4.78 is 6.87. The van der Waals surface area contributed by atoms with Crippen molar-refractivity contribution >= 4 is 12.2 Å². The summed E-state index contributed by atoms with van der Waals surface area (Å²) in [5.74, 6) is 0.840. The molecule has 1 rings (SSSR count). The van der Waals surface area contributed by atoms with Gasteiger partial charge in [-0.3, -0.25) is 4.79 Å². The Bertz CT molecular complexity index is 379. The van der Waals surface area contributed by atoms with Crippen molar-refractivity contribution < 1.29 is 9.53 Å². The third-order valence-corrected chi connectivity index (χ3v) is 2.84. The molecule has 1 amide bonds. The fraction of sp³-hybridized carbons (Fsp3) is 0.692. The van der Waals surface area contributed by atoms with Gasteiger partial charge in [-0.1, -0.05) is 13.3 Å². The first-order valence-electron chi connectivity index (χ1n) is 6.67. The van der Waals surface area contributed by atoms with Crippen LogP contribution in [0, 0.1) is 0 Å². The number of methoxy groups -OCH3 is 1. The number of ether oxygens (including phenoxy) is 1. The Kier molecular flexibility index (Phi) is 7.14. The number of hydrogen-bond acceptors (Lipinski definition) is 4. The molecule has 0 saturated heterocycles. The third-order valence-electron chi connectivity index (χ3n) is 2.84. The van der Waals surface area contributed by atoms with E-state index in [4.69, 9.17) is 4.74 Å². The Morgan fingerprint density at radius 1 is 1.58 bits per heavy atom. The van der Waals surface area contributed by atoms with Crippen LogP contribution in [0.25, 0.3) is 0 Å². The van der Waals surface area contributed by atoms with Crippen LogP contribution >= 0.6 is 0 Å². The molecule has 0 aliphatic carbocycles. The van der Waals surface area contributed by atoms with E-state index < -0.39 is 0 Å². The number of aromatic nitrogens is 2. The minimum absolute atomic E-state index is 0.678. The molecular weight excluding hydrogens is 244 g/mol. The Labute approximate surface area is 114 Å². The molecular formula is C13H24N4O2. The van der Waals surface area contributed by atoms with Crippen molar-refractivity contribution in [2.75, 3.05) is 32.2 Å². The summed E-state index contributed by atoms with van der Waals surface area (Å²) >= 11 is 0. The number of nitrogens with zero attached hydrogens (tertiary/aromatic N) is 3. The molecule has 0 aromatic carbocycles. The Morgan fingerprint density at radius 3 is 3.00 bits per heavy atom. The van der Waals surface area contributed by atoms with Gasteiger partial charge in [0.1, 0.15) is 5.82 Å². The van der Waals surface area contributed by atoms with Crippen LogP contribution < -0.4 is 10.2 Å². The number of unbranched alkanes of at least 4 members (excludes halogenated alkanes) is 1. The van der Waals surface area contributed by atoms with E-state index >= 15 is 0 Å². The zero-order valence-corrected chi connectivity index (χ0v) is 12.1. The van der Waals surface area contributed by atoms with Crippen molar-refractivity contribution in [3.8, 4) is 0 Å². The summed E-state index contributed by atoms with van der Waals surface area (Å²) in [7, 11) is 3.42. The van der Waals surface area contributed by atoms with Crippen LogP contribution in [0.1, 0.15) is 25.5 Å². The van der Waals surface area contributed by atoms with Crippen LogP contribution in [-0.4, -0.2) is 43.5 Å². The smallest absolute Gasteiger partial charge is 0.215 e. The van der Waals surface area contributed by atoms with Crippen LogP contribution in [0.3, 0.4) is 0 Å². The van der Waals surface area contributed by atoms with Gasteiger partial charge in [0.2, 0.25) is 6.41 Å². The van der Waals surface area contributed by atoms with Crippen LogP contribution in [0.5, 0.6) is 0 Å². The maximum absolute atomic E-state index is 10.9. The highest BCUT2D eigenvalue weighted by Crippen LogP contribution is 2.15. The van der Waals surface area contributed by atoms with Gasteiger partial charge < -0.3 is 15.0 Å². The molecule has 6 heteroatoms. The van der Waals surface area contributed by atoms with Gasteiger partial charge in [0, 0.05) is 39.9 Å². The van der Waals surface area contributed by atoms with Crippen molar-refractivity contribution in [1.82, 2.24) is 15.1 Å². The van der Waals surface area contributed by atoms with E-state index in [0.717, 1.165) is 43.9 Å². The minimum Gasteiger partial charge on any atom is -0.383 e. The molecule has 6 nitrogen and oxygen atoms in total. The van der Waals surface area contributed by atoms with Crippen molar-refractivity contribution in [2.24, 2.45) is 0 Å². The minimum atomic E-state index is 0.678. The summed E-state index contributed by atoms with van der Waals surface area (Å²) in [5.41, 5.74) is 0.941. The summed E-state index contributed by atoms with van der Waals surface area (Å²) in [6.07, 6.45) is 2.96. The van der Waals surface area contributed by atoms with Crippen molar-refractivity contribution in [2.45, 2.75) is 32.9 Å². The standard InChI is InChI=1S/C13H24N4O2/c1-4-5-7-17-13(16(2)11-18)9-12(15-17)10-14-6-8-19-3/h9,11,14H,4-8,10H2,1-3H3. The van der Waals surface area contributed by atoms with Gasteiger partial charge in [-0.25, -0.2) is 4.68 Å². The SMILES string of the molecule is CCCCn1nc(CNCCOC)cc1N(C)C=O. The maximum atomic E-state index is 10.9. The molecule has 0 spiro atoms. The lowest BCUT2D eigenvalue weighted by Gasteiger charge is -2.12. The van der Waals surface area contributed by atoms with Crippen LogP contribution in [0.2, 0.25) is 0 Å². The zero-order chi connectivity index (χ0) is 14.1. The topological polar surface area (TPSA) is 59.4 Å². The fourth-order valence-corrected chi connectivity index (χ4v) is 1.75. The fourth-order valence-electron chi connectivity index (χ4n) is 1.75. The van der Waals surface area contributed by atoms with Crippen molar-refractivity contribution in [3.63, 3.8) is 0 Å². The highest BCUT2D eigenvalue weighted by Gasteiger charge is 2.10. The van der Waals surface area contributed by atoms with Gasteiger partial charge in [-0.2, -0.15) is 5.10 Å². The van der Waals surface area contributed by atoms with E-state index in [9.17, 15) is 4.79 Å². The molecule has 1 aromatic heterocycles. The molecule has 0 aliphatic rings. The van der Waals surface area contributed by atoms with E-state index in [-0.39, 0.29) is 0 Å². The van der Waals surface area contributed by atoms with Gasteiger partial charge in [0.25, 0.3) is 0 Å². The van der Waals surface area contributed by atoms with Crippen molar-refractivity contribution in [3.05, 3.63) is 11.8 Å². The first-order chi connectivity index (χ1) is 9.22. The Balaban J connectivity index is 2.66. The number of carbonyl (C=O) groups is 1. The molecule has 0 radical (unpaired) electrons. The molecule has 19 heavy (non-hydrogen) atoms. The molecule has 108 valence electrons. The predicted octanol–water partition coefficient (Wildman–Crippen LogP) is 1.01. The average molecular weight is 268 g/mol. The first-order valence-corrected chi connectivity index (χ1v) is 6.67. The largest absolute Gasteiger partial charge is 0.383 e. The predicted molar refractivity (Wildman–Crippen MR) is 75.2 cm³/mol. The highest BCUT2D eigenvalue weighted by molar-refractivity contribution is 5.72. The number of carbonyl (C=O) groups excluding carboxylic acids is 1. The number of rotatable bonds is 10. The van der Waals surface area contributed by atoms with Gasteiger partial charge in [0.15, 0.2) is 0 Å². The third kappa shape index (κ3) is 5.00. The molecule has 1 heterocycles. The van der Waals surface area contributed by atoms with E-state index in [0.29, 0.717) is 13.2 Å². The zero-order valence-electron chi connectivity index (χ0n) is 12.1. The van der Waals surface area contributed by atoms with Gasteiger partial charge in [-0.15, -0.1) is 0 Å². The number of nitrogens with one attached hydrogen (secondary N) is 1. The van der Waals surface area contributed by atoms with Crippen LogP contribution in [0.4, 0.5) is 5.82 Å². The monoisotopic (exact) mass is 268 g/mol. The Hall–Kier alpha value is -1.40. The van der Waals surface area contributed by atoms with E-state index in [1.165, 1.54) is 0 Å². The van der Waals surface area contributed by atoms with Crippen molar-refractivity contribution in [1.29, 1.82) is 0 Å². The molecule has 0 fully saturated rings. The number of anilines is 1. The van der Waals surface area contributed by atoms with Gasteiger partial charge in [0.05, 0.1) is 12.3 Å². The Morgan fingerprint density at radius 2 is 2.37 bits per heavy atom. The lowest BCUT2D eigenvalue weighted by molar-refractivity contribution is -0.107. The molecule has 0 unspecified atom stereocenters. The molecule has 0 saturated carbocycles. The second kappa shape index (κ2) is 8.66. The molecule has 0 bridgehead atoms. The normalized spacial score (nSPS) is 10.7. The first kappa shape index (κ1) is 15.7. The summed E-state index contributed by atoms with van der Waals surface area (Å²) in [6.45, 7) is 5.12. The summed E-state index contributed by atoms with van der Waals surface area (Å²) in [6, 6.07) is 1.95. The van der Waals surface area contributed by atoms with Crippen LogP contribution in [0.15, 0.2) is 6.07 Å². The number of hydrogen-bond donors (Lipinski definition) is 1.